The van der Waals surface area contributed by atoms with Crippen molar-refractivity contribution in [1.29, 1.82) is 0 Å². The van der Waals surface area contributed by atoms with Crippen molar-refractivity contribution in [2.24, 2.45) is 7.05 Å². The highest BCUT2D eigenvalue weighted by atomic mass is 16.5. The summed E-state index contributed by atoms with van der Waals surface area (Å²) < 4.78 is 6.78. The Morgan fingerprint density at radius 2 is 2.27 bits per heavy atom. The molecule has 0 amide bonds. The van der Waals surface area contributed by atoms with Crippen molar-refractivity contribution < 1.29 is 9.53 Å². The van der Waals surface area contributed by atoms with Gasteiger partial charge in [-0.1, -0.05) is 26.2 Å². The molecular formula is C11H18N2O2. The van der Waals surface area contributed by atoms with Crippen molar-refractivity contribution in [2.75, 3.05) is 6.61 Å². The first kappa shape index (κ1) is 11.8. The number of nitrogens with zero attached hydrogens (tertiary/aromatic N) is 2. The van der Waals surface area contributed by atoms with Gasteiger partial charge >= 0.3 is 5.97 Å². The lowest BCUT2D eigenvalue weighted by Gasteiger charge is -2.04. The van der Waals surface area contributed by atoms with Crippen molar-refractivity contribution in [2.45, 2.75) is 32.6 Å². The van der Waals surface area contributed by atoms with Crippen molar-refractivity contribution >= 4 is 5.97 Å². The van der Waals surface area contributed by atoms with Crippen LogP contribution in [-0.4, -0.2) is 22.1 Å². The number of carbonyl (C=O) groups excluding carboxylic acids is 1. The van der Waals surface area contributed by atoms with E-state index < -0.39 is 0 Å². The molecule has 4 nitrogen and oxygen atoms in total. The quantitative estimate of drug-likeness (QED) is 0.534. The van der Waals surface area contributed by atoms with Crippen LogP contribution < -0.4 is 0 Å². The third-order valence-corrected chi connectivity index (χ3v) is 2.26. The van der Waals surface area contributed by atoms with Gasteiger partial charge in [-0.15, -0.1) is 0 Å². The molecule has 0 fully saturated rings. The number of aromatic nitrogens is 2. The molecule has 0 aliphatic heterocycles. The van der Waals surface area contributed by atoms with E-state index in [-0.39, 0.29) is 5.97 Å². The monoisotopic (exact) mass is 210 g/mol. The van der Waals surface area contributed by atoms with Crippen LogP contribution in [-0.2, 0) is 11.8 Å². The van der Waals surface area contributed by atoms with E-state index >= 15 is 0 Å². The summed E-state index contributed by atoms with van der Waals surface area (Å²) in [6, 6.07) is 0. The van der Waals surface area contributed by atoms with E-state index in [0.29, 0.717) is 12.3 Å². The van der Waals surface area contributed by atoms with E-state index in [2.05, 4.69) is 11.9 Å². The van der Waals surface area contributed by atoms with E-state index in [1.807, 2.05) is 0 Å². The molecule has 4 heteroatoms. The Kier molecular flexibility index (Phi) is 4.87. The third kappa shape index (κ3) is 3.73. The minimum atomic E-state index is -0.286. The predicted octanol–water partition coefficient (Wildman–Crippen LogP) is 2.16. The van der Waals surface area contributed by atoms with Crippen LogP contribution >= 0.6 is 0 Å². The van der Waals surface area contributed by atoms with Crippen LogP contribution in [0.2, 0.25) is 0 Å². The van der Waals surface area contributed by atoms with Gasteiger partial charge in [0.2, 0.25) is 0 Å². The highest BCUT2D eigenvalue weighted by Gasteiger charge is 2.10. The standard InChI is InChI=1S/C11H18N2O2/c1-3-4-5-6-7-15-11(14)10-8-12-9-13(10)2/h8-9H,3-7H2,1-2H3. The summed E-state index contributed by atoms with van der Waals surface area (Å²) >= 11 is 0. The summed E-state index contributed by atoms with van der Waals surface area (Å²) in [4.78, 5) is 15.3. The molecule has 0 atom stereocenters. The number of imidazole rings is 1. The first-order chi connectivity index (χ1) is 7.25. The van der Waals surface area contributed by atoms with Crippen LogP contribution in [0.25, 0.3) is 0 Å². The molecule has 84 valence electrons. The summed E-state index contributed by atoms with van der Waals surface area (Å²) in [5, 5.41) is 0. The fraction of sp³-hybridized carbons (Fsp3) is 0.636. The van der Waals surface area contributed by atoms with Crippen LogP contribution in [0, 0.1) is 0 Å². The molecule has 0 saturated heterocycles. The second kappa shape index (κ2) is 6.22. The number of hydrogen-bond acceptors (Lipinski definition) is 3. The normalized spacial score (nSPS) is 10.3. The number of esters is 1. The van der Waals surface area contributed by atoms with Gasteiger partial charge in [0.25, 0.3) is 0 Å². The third-order valence-electron chi connectivity index (χ3n) is 2.26. The molecule has 1 rings (SSSR count). The van der Waals surface area contributed by atoms with Gasteiger partial charge in [-0.05, 0) is 6.42 Å². The molecular weight excluding hydrogens is 192 g/mol. The molecule has 1 heterocycles. The molecule has 0 unspecified atom stereocenters. The summed E-state index contributed by atoms with van der Waals surface area (Å²) in [7, 11) is 1.78. The second-order valence-corrected chi connectivity index (χ2v) is 3.59. The van der Waals surface area contributed by atoms with Gasteiger partial charge in [-0.2, -0.15) is 0 Å². The lowest BCUT2D eigenvalue weighted by molar-refractivity contribution is 0.0486. The van der Waals surface area contributed by atoms with E-state index in [9.17, 15) is 4.79 Å². The van der Waals surface area contributed by atoms with Gasteiger partial charge in [0.15, 0.2) is 0 Å². The fourth-order valence-corrected chi connectivity index (χ4v) is 1.32. The average Bonchev–Trinajstić information content (AvgIpc) is 2.64. The van der Waals surface area contributed by atoms with Gasteiger partial charge in [0.1, 0.15) is 5.69 Å². The van der Waals surface area contributed by atoms with Crippen molar-refractivity contribution in [3.63, 3.8) is 0 Å². The molecule has 0 bridgehead atoms. The molecule has 0 radical (unpaired) electrons. The van der Waals surface area contributed by atoms with Gasteiger partial charge < -0.3 is 9.30 Å². The maximum Gasteiger partial charge on any atom is 0.356 e. The topological polar surface area (TPSA) is 44.1 Å². The Balaban J connectivity index is 2.22. The summed E-state index contributed by atoms with van der Waals surface area (Å²) in [5.41, 5.74) is 0.505. The Bertz CT molecular complexity index is 307. The average molecular weight is 210 g/mol. The minimum Gasteiger partial charge on any atom is -0.461 e. The molecule has 1 aromatic rings. The molecule has 0 saturated carbocycles. The lowest BCUT2D eigenvalue weighted by Crippen LogP contribution is -2.10. The SMILES string of the molecule is CCCCCCOC(=O)c1cncn1C. The molecule has 0 aliphatic carbocycles. The number of hydrogen-bond donors (Lipinski definition) is 0. The molecule has 0 N–H and O–H groups in total. The first-order valence-electron chi connectivity index (χ1n) is 5.39. The van der Waals surface area contributed by atoms with Crippen LogP contribution in [0.15, 0.2) is 12.5 Å². The highest BCUT2D eigenvalue weighted by molar-refractivity contribution is 5.87. The summed E-state index contributed by atoms with van der Waals surface area (Å²) in [6.45, 7) is 2.66. The maximum atomic E-state index is 11.5. The summed E-state index contributed by atoms with van der Waals surface area (Å²) in [5.74, 6) is -0.286. The largest absolute Gasteiger partial charge is 0.461 e. The zero-order valence-corrected chi connectivity index (χ0v) is 9.40. The highest BCUT2D eigenvalue weighted by Crippen LogP contribution is 2.02. The van der Waals surface area contributed by atoms with Crippen LogP contribution in [0.4, 0.5) is 0 Å². The zero-order valence-electron chi connectivity index (χ0n) is 9.40. The van der Waals surface area contributed by atoms with E-state index in [1.165, 1.54) is 19.0 Å². The van der Waals surface area contributed by atoms with E-state index in [1.54, 1.807) is 17.9 Å². The Morgan fingerprint density at radius 1 is 1.47 bits per heavy atom. The van der Waals surface area contributed by atoms with Gasteiger partial charge in [0, 0.05) is 7.05 Å². The van der Waals surface area contributed by atoms with Crippen LogP contribution in [0.1, 0.15) is 43.1 Å². The number of rotatable bonds is 6. The van der Waals surface area contributed by atoms with Gasteiger partial charge in [0.05, 0.1) is 19.1 Å². The Labute approximate surface area is 90.3 Å². The van der Waals surface area contributed by atoms with E-state index in [4.69, 9.17) is 4.74 Å². The number of aryl methyl sites for hydroxylation is 1. The molecule has 0 aliphatic rings. The Morgan fingerprint density at radius 3 is 2.87 bits per heavy atom. The zero-order chi connectivity index (χ0) is 11.1. The molecule has 15 heavy (non-hydrogen) atoms. The second-order valence-electron chi connectivity index (χ2n) is 3.59. The molecule has 0 spiro atoms. The van der Waals surface area contributed by atoms with Gasteiger partial charge in [-0.3, -0.25) is 0 Å². The van der Waals surface area contributed by atoms with E-state index in [0.717, 1.165) is 12.8 Å². The van der Waals surface area contributed by atoms with Crippen LogP contribution in [0.3, 0.4) is 0 Å². The van der Waals surface area contributed by atoms with Crippen molar-refractivity contribution in [3.8, 4) is 0 Å². The first-order valence-corrected chi connectivity index (χ1v) is 5.39. The van der Waals surface area contributed by atoms with Crippen LogP contribution in [0.5, 0.6) is 0 Å². The smallest absolute Gasteiger partial charge is 0.356 e. The van der Waals surface area contributed by atoms with Crippen molar-refractivity contribution in [1.82, 2.24) is 9.55 Å². The fourth-order valence-electron chi connectivity index (χ4n) is 1.32. The van der Waals surface area contributed by atoms with Gasteiger partial charge in [-0.25, -0.2) is 9.78 Å². The molecule has 0 aromatic carbocycles. The maximum absolute atomic E-state index is 11.5. The number of carbonyl (C=O) groups is 1. The molecule has 1 aromatic heterocycles. The predicted molar refractivity (Wildman–Crippen MR) is 57.6 cm³/mol. The Hall–Kier alpha value is -1.32. The number of unbranched alkanes of at least 4 members (excludes halogenated alkanes) is 3. The summed E-state index contributed by atoms with van der Waals surface area (Å²) in [6.07, 6.45) is 7.56. The number of ether oxygens (including phenoxy) is 1. The lowest BCUT2D eigenvalue weighted by atomic mass is 10.2. The van der Waals surface area contributed by atoms with Crippen molar-refractivity contribution in [3.05, 3.63) is 18.2 Å². The minimum absolute atomic E-state index is 0.286.